The molecule has 1 aliphatic heterocycles. The average molecular weight is 326 g/mol. The summed E-state index contributed by atoms with van der Waals surface area (Å²) in [5.74, 6) is -0.337. The second-order valence-corrected chi connectivity index (χ2v) is 5.94. The van der Waals surface area contributed by atoms with Gasteiger partial charge in [-0.2, -0.15) is 8.42 Å². The predicted molar refractivity (Wildman–Crippen MR) is 81.9 cm³/mol. The Morgan fingerprint density at radius 1 is 1.50 bits per heavy atom. The summed E-state index contributed by atoms with van der Waals surface area (Å²) in [5.41, 5.74) is 0.834. The first-order valence-electron chi connectivity index (χ1n) is 6.39. The number of rotatable bonds is 5. The fourth-order valence-corrected chi connectivity index (χ4v) is 2.04. The summed E-state index contributed by atoms with van der Waals surface area (Å²) < 4.78 is 39.8. The monoisotopic (exact) mass is 326 g/mol. The first-order valence-corrected chi connectivity index (χ1v) is 7.83. The summed E-state index contributed by atoms with van der Waals surface area (Å²) in [6.07, 6.45) is 1.52. The molecule has 0 aromatic heterocycles. The Morgan fingerprint density at radius 3 is 2.50 bits per heavy atom. The largest absolute Gasteiger partial charge is 0.459 e. The Kier molecular flexibility index (Phi) is 6.48. The first kappa shape index (κ1) is 18.1. The van der Waals surface area contributed by atoms with E-state index in [1.165, 1.54) is 18.2 Å². The number of epoxide rings is 1. The van der Waals surface area contributed by atoms with Crippen LogP contribution in [0.1, 0.15) is 12.5 Å². The third-order valence-electron chi connectivity index (χ3n) is 2.57. The SMILES string of the molecule is C=C(C)C(=O)OCC1CO1.C=Cc1ccccc1S(=O)(=O)O. The summed E-state index contributed by atoms with van der Waals surface area (Å²) in [6, 6.07) is 6.10. The van der Waals surface area contributed by atoms with Gasteiger partial charge in [0, 0.05) is 5.57 Å². The van der Waals surface area contributed by atoms with Gasteiger partial charge in [0.15, 0.2) is 0 Å². The van der Waals surface area contributed by atoms with E-state index in [9.17, 15) is 13.2 Å². The van der Waals surface area contributed by atoms with Crippen LogP contribution in [0.2, 0.25) is 0 Å². The van der Waals surface area contributed by atoms with E-state index in [1.54, 1.807) is 19.1 Å². The second kappa shape index (κ2) is 7.88. The van der Waals surface area contributed by atoms with Gasteiger partial charge in [-0.25, -0.2) is 4.79 Å². The van der Waals surface area contributed by atoms with Gasteiger partial charge < -0.3 is 9.47 Å². The van der Waals surface area contributed by atoms with Crippen LogP contribution in [0, 0.1) is 0 Å². The molecule has 1 aliphatic rings. The lowest BCUT2D eigenvalue weighted by molar-refractivity contribution is -0.139. The van der Waals surface area contributed by atoms with Gasteiger partial charge in [-0.15, -0.1) is 0 Å². The van der Waals surface area contributed by atoms with Crippen molar-refractivity contribution in [3.63, 3.8) is 0 Å². The summed E-state index contributed by atoms with van der Waals surface area (Å²) in [4.78, 5) is 10.6. The minimum Gasteiger partial charge on any atom is -0.459 e. The van der Waals surface area contributed by atoms with Crippen molar-refractivity contribution in [1.82, 2.24) is 0 Å². The summed E-state index contributed by atoms with van der Waals surface area (Å²) >= 11 is 0. The lowest BCUT2D eigenvalue weighted by Crippen LogP contribution is -2.09. The molecule has 6 nitrogen and oxygen atoms in total. The van der Waals surface area contributed by atoms with E-state index in [0.29, 0.717) is 24.4 Å². The Labute approximate surface area is 129 Å². The number of hydrogen-bond acceptors (Lipinski definition) is 5. The molecule has 120 valence electrons. The van der Waals surface area contributed by atoms with Crippen LogP contribution in [0.25, 0.3) is 6.08 Å². The quantitative estimate of drug-likeness (QED) is 0.385. The highest BCUT2D eigenvalue weighted by molar-refractivity contribution is 7.85. The molecule has 1 heterocycles. The predicted octanol–water partition coefficient (Wildman–Crippen LogP) is 2.08. The molecule has 2 rings (SSSR count). The number of carbonyl (C=O) groups excluding carboxylic acids is 1. The highest BCUT2D eigenvalue weighted by atomic mass is 32.2. The van der Waals surface area contributed by atoms with Crippen LogP contribution in [-0.4, -0.2) is 38.3 Å². The van der Waals surface area contributed by atoms with E-state index < -0.39 is 10.1 Å². The topological polar surface area (TPSA) is 93.2 Å². The van der Waals surface area contributed by atoms with Crippen molar-refractivity contribution in [2.24, 2.45) is 0 Å². The van der Waals surface area contributed by atoms with Crippen molar-refractivity contribution in [2.75, 3.05) is 13.2 Å². The van der Waals surface area contributed by atoms with E-state index in [1.807, 2.05) is 0 Å². The molecule has 1 atom stereocenters. The number of carbonyl (C=O) groups is 1. The lowest BCUT2D eigenvalue weighted by Gasteiger charge is -2.00. The fourth-order valence-electron chi connectivity index (χ4n) is 1.34. The van der Waals surface area contributed by atoms with Gasteiger partial charge >= 0.3 is 5.97 Å². The highest BCUT2D eigenvalue weighted by Gasteiger charge is 2.24. The second-order valence-electron chi connectivity index (χ2n) is 4.55. The van der Waals surface area contributed by atoms with Crippen molar-refractivity contribution < 1.29 is 27.2 Å². The molecule has 7 heteroatoms. The van der Waals surface area contributed by atoms with Crippen LogP contribution in [-0.2, 0) is 24.4 Å². The lowest BCUT2D eigenvalue weighted by atomic mass is 10.2. The molecule has 0 amide bonds. The molecule has 22 heavy (non-hydrogen) atoms. The molecule has 1 aromatic carbocycles. The average Bonchev–Trinajstić information content (AvgIpc) is 3.28. The van der Waals surface area contributed by atoms with Gasteiger partial charge in [0.1, 0.15) is 17.6 Å². The maximum atomic E-state index is 10.7. The van der Waals surface area contributed by atoms with E-state index >= 15 is 0 Å². The smallest absolute Gasteiger partial charge is 0.333 e. The van der Waals surface area contributed by atoms with Gasteiger partial charge in [0.25, 0.3) is 10.1 Å². The molecule has 1 N–H and O–H groups in total. The standard InChI is InChI=1S/C8H8O3S.C7H10O3/c1-2-7-5-3-4-6-8(7)12(9,10)11;1-5(2)7(8)10-4-6-3-9-6/h2-6H,1H2,(H,9,10,11);6H,1,3-4H2,2H3. The Morgan fingerprint density at radius 2 is 2.09 bits per heavy atom. The van der Waals surface area contributed by atoms with Crippen molar-refractivity contribution in [3.05, 3.63) is 48.6 Å². The summed E-state index contributed by atoms with van der Waals surface area (Å²) in [6.45, 7) is 9.57. The zero-order valence-corrected chi connectivity index (χ0v) is 13.0. The minimum absolute atomic E-state index is 0.111. The number of benzene rings is 1. The van der Waals surface area contributed by atoms with Crippen LogP contribution < -0.4 is 0 Å². The number of hydrogen-bond donors (Lipinski definition) is 1. The van der Waals surface area contributed by atoms with Gasteiger partial charge in [0.05, 0.1) is 6.61 Å². The van der Waals surface area contributed by atoms with Gasteiger partial charge in [0.2, 0.25) is 0 Å². The molecule has 0 radical (unpaired) electrons. The van der Waals surface area contributed by atoms with Crippen LogP contribution in [0.3, 0.4) is 0 Å². The van der Waals surface area contributed by atoms with Gasteiger partial charge in [-0.05, 0) is 18.6 Å². The maximum absolute atomic E-state index is 10.7. The van der Waals surface area contributed by atoms with Crippen molar-refractivity contribution >= 4 is 22.2 Å². The van der Waals surface area contributed by atoms with Crippen LogP contribution >= 0.6 is 0 Å². The minimum atomic E-state index is -4.12. The third-order valence-corrected chi connectivity index (χ3v) is 3.50. The molecule has 1 saturated heterocycles. The van der Waals surface area contributed by atoms with E-state index in [4.69, 9.17) is 14.0 Å². The van der Waals surface area contributed by atoms with Crippen LogP contribution in [0.15, 0.2) is 47.9 Å². The maximum Gasteiger partial charge on any atom is 0.333 e. The first-order chi connectivity index (χ1) is 10.3. The summed E-state index contributed by atoms with van der Waals surface area (Å²) in [5, 5.41) is 0. The third kappa shape index (κ3) is 6.21. The number of ether oxygens (including phenoxy) is 2. The zero-order chi connectivity index (χ0) is 16.8. The van der Waals surface area contributed by atoms with E-state index in [0.717, 1.165) is 0 Å². The van der Waals surface area contributed by atoms with Crippen molar-refractivity contribution in [1.29, 1.82) is 0 Å². The molecule has 0 spiro atoms. The molecular formula is C15H18O6S. The van der Waals surface area contributed by atoms with E-state index in [-0.39, 0.29) is 17.0 Å². The van der Waals surface area contributed by atoms with Crippen LogP contribution in [0.5, 0.6) is 0 Å². The van der Waals surface area contributed by atoms with Crippen molar-refractivity contribution in [3.8, 4) is 0 Å². The highest BCUT2D eigenvalue weighted by Crippen LogP contribution is 2.15. The molecule has 1 fully saturated rings. The molecule has 0 bridgehead atoms. The Hall–Kier alpha value is -1.96. The molecular weight excluding hydrogens is 308 g/mol. The summed E-state index contributed by atoms with van der Waals surface area (Å²) in [7, 11) is -4.12. The van der Waals surface area contributed by atoms with E-state index in [2.05, 4.69) is 13.2 Å². The Balaban J connectivity index is 0.000000224. The number of esters is 1. The molecule has 1 aromatic rings. The van der Waals surface area contributed by atoms with Crippen LogP contribution in [0.4, 0.5) is 0 Å². The fraction of sp³-hybridized carbons (Fsp3) is 0.267. The van der Waals surface area contributed by atoms with Gasteiger partial charge in [-0.3, -0.25) is 4.55 Å². The van der Waals surface area contributed by atoms with Gasteiger partial charge in [-0.1, -0.05) is 37.4 Å². The zero-order valence-electron chi connectivity index (χ0n) is 12.2. The van der Waals surface area contributed by atoms with Crippen molar-refractivity contribution in [2.45, 2.75) is 17.9 Å². The molecule has 0 saturated carbocycles. The molecule has 0 aliphatic carbocycles. The normalized spacial score (nSPS) is 16.0. The Bertz CT molecular complexity index is 658. The molecule has 1 unspecified atom stereocenters.